The van der Waals surface area contributed by atoms with Gasteiger partial charge in [-0.05, 0) is 30.3 Å². The number of piperazine rings is 1. The third-order valence-corrected chi connectivity index (χ3v) is 4.76. The Morgan fingerprint density at radius 2 is 1.95 bits per heavy atom. The summed E-state index contributed by atoms with van der Waals surface area (Å²) in [6.07, 6.45) is 1.39. The molecule has 5 nitrogen and oxygen atoms in total. The quantitative estimate of drug-likeness (QED) is 0.894. The predicted octanol–water partition coefficient (Wildman–Crippen LogP) is 1.41. The number of hydrogen-bond donors (Lipinski definition) is 1. The Morgan fingerprint density at radius 3 is 2.52 bits per heavy atom. The van der Waals surface area contributed by atoms with E-state index in [2.05, 4.69) is 6.92 Å². The Hall–Kier alpha value is -1.40. The fourth-order valence-corrected chi connectivity index (χ4v) is 3.05. The second kappa shape index (κ2) is 7.56. The van der Waals surface area contributed by atoms with Crippen molar-refractivity contribution >= 4 is 23.2 Å². The maximum Gasteiger partial charge on any atom is 0.264 e. The minimum Gasteiger partial charge on any atom is -0.339 e. The van der Waals surface area contributed by atoms with Crippen LogP contribution in [0.4, 0.5) is 0 Å². The van der Waals surface area contributed by atoms with Gasteiger partial charge in [0.25, 0.3) is 5.91 Å². The first-order valence-corrected chi connectivity index (χ1v) is 8.30. The Morgan fingerprint density at radius 1 is 1.29 bits per heavy atom. The molecule has 0 spiro atoms. The molecule has 0 radical (unpaired) electrons. The van der Waals surface area contributed by atoms with Gasteiger partial charge in [0.05, 0.1) is 4.88 Å². The Balaban J connectivity index is 1.77. The van der Waals surface area contributed by atoms with Gasteiger partial charge in [-0.3, -0.25) is 9.59 Å². The summed E-state index contributed by atoms with van der Waals surface area (Å²) in [6.45, 7) is 5.19. The summed E-state index contributed by atoms with van der Waals surface area (Å²) in [5.74, 6) is 0.642. The molecule has 1 aliphatic heterocycles. The molecule has 116 valence electrons. The second-order valence-electron chi connectivity index (χ2n) is 5.53. The Labute approximate surface area is 129 Å². The van der Waals surface area contributed by atoms with Crippen molar-refractivity contribution in [2.75, 3.05) is 32.7 Å². The average Bonchev–Trinajstić information content (AvgIpc) is 3.06. The minimum absolute atomic E-state index is 0.0776. The van der Waals surface area contributed by atoms with E-state index in [0.29, 0.717) is 45.1 Å². The number of nitrogens with two attached hydrogens (primary N) is 1. The van der Waals surface area contributed by atoms with Crippen LogP contribution in [0.2, 0.25) is 0 Å². The van der Waals surface area contributed by atoms with E-state index in [1.165, 1.54) is 11.3 Å². The van der Waals surface area contributed by atoms with E-state index in [9.17, 15) is 9.59 Å². The molecule has 2 rings (SSSR count). The van der Waals surface area contributed by atoms with Crippen molar-refractivity contribution in [3.63, 3.8) is 0 Å². The zero-order valence-electron chi connectivity index (χ0n) is 12.5. The summed E-state index contributed by atoms with van der Waals surface area (Å²) < 4.78 is 0. The van der Waals surface area contributed by atoms with Crippen LogP contribution in [0, 0.1) is 5.92 Å². The second-order valence-corrected chi connectivity index (χ2v) is 6.48. The van der Waals surface area contributed by atoms with Crippen LogP contribution in [0.1, 0.15) is 29.4 Å². The molecule has 1 unspecified atom stereocenters. The van der Waals surface area contributed by atoms with E-state index in [-0.39, 0.29) is 11.8 Å². The van der Waals surface area contributed by atoms with Crippen molar-refractivity contribution in [2.24, 2.45) is 11.7 Å². The summed E-state index contributed by atoms with van der Waals surface area (Å²) in [6, 6.07) is 3.73. The van der Waals surface area contributed by atoms with Gasteiger partial charge in [0.15, 0.2) is 0 Å². The number of carbonyl (C=O) groups excluding carboxylic acids is 2. The van der Waals surface area contributed by atoms with Gasteiger partial charge < -0.3 is 15.5 Å². The number of rotatable bonds is 5. The number of thiophene rings is 1. The monoisotopic (exact) mass is 309 g/mol. The molecule has 21 heavy (non-hydrogen) atoms. The third-order valence-electron chi connectivity index (χ3n) is 3.90. The molecule has 1 aromatic rings. The third kappa shape index (κ3) is 4.28. The molecule has 0 aliphatic carbocycles. The topological polar surface area (TPSA) is 66.6 Å². The lowest BCUT2D eigenvalue weighted by Gasteiger charge is -2.34. The predicted molar refractivity (Wildman–Crippen MR) is 84.3 cm³/mol. The largest absolute Gasteiger partial charge is 0.339 e. The Kier molecular flexibility index (Phi) is 5.76. The maximum absolute atomic E-state index is 12.2. The van der Waals surface area contributed by atoms with Gasteiger partial charge in [-0.15, -0.1) is 11.3 Å². The van der Waals surface area contributed by atoms with Crippen LogP contribution in [0.15, 0.2) is 17.5 Å². The summed E-state index contributed by atoms with van der Waals surface area (Å²) in [5.41, 5.74) is 5.57. The van der Waals surface area contributed by atoms with Gasteiger partial charge >= 0.3 is 0 Å². The smallest absolute Gasteiger partial charge is 0.264 e. The van der Waals surface area contributed by atoms with Crippen molar-refractivity contribution in [3.8, 4) is 0 Å². The molecule has 1 aromatic heterocycles. The average molecular weight is 309 g/mol. The number of amides is 2. The molecular formula is C15H23N3O2S. The van der Waals surface area contributed by atoms with Crippen LogP contribution in [0.3, 0.4) is 0 Å². The zero-order valence-corrected chi connectivity index (χ0v) is 13.3. The molecule has 2 heterocycles. The first-order chi connectivity index (χ1) is 10.1. The minimum atomic E-state index is 0.0776. The number of hydrogen-bond acceptors (Lipinski definition) is 4. The lowest BCUT2D eigenvalue weighted by atomic mass is 10.1. The lowest BCUT2D eigenvalue weighted by Crippen LogP contribution is -2.50. The zero-order chi connectivity index (χ0) is 15.2. The molecule has 1 saturated heterocycles. The first-order valence-electron chi connectivity index (χ1n) is 7.42. The highest BCUT2D eigenvalue weighted by Crippen LogP contribution is 2.15. The van der Waals surface area contributed by atoms with E-state index in [1.54, 1.807) is 0 Å². The van der Waals surface area contributed by atoms with E-state index in [4.69, 9.17) is 5.73 Å². The molecule has 1 fully saturated rings. The number of carbonyl (C=O) groups is 2. The van der Waals surface area contributed by atoms with Gasteiger partial charge in [0.1, 0.15) is 0 Å². The van der Waals surface area contributed by atoms with Gasteiger partial charge in [-0.1, -0.05) is 13.0 Å². The lowest BCUT2D eigenvalue weighted by molar-refractivity contribution is -0.132. The van der Waals surface area contributed by atoms with Crippen LogP contribution in [0.5, 0.6) is 0 Å². The summed E-state index contributed by atoms with van der Waals surface area (Å²) in [4.78, 5) is 28.8. The van der Waals surface area contributed by atoms with Crippen molar-refractivity contribution < 1.29 is 9.59 Å². The summed E-state index contributed by atoms with van der Waals surface area (Å²) in [5, 5.41) is 1.91. The highest BCUT2D eigenvalue weighted by Gasteiger charge is 2.25. The molecule has 0 bridgehead atoms. The van der Waals surface area contributed by atoms with Gasteiger partial charge in [-0.2, -0.15) is 0 Å². The fraction of sp³-hybridized carbons (Fsp3) is 0.600. The van der Waals surface area contributed by atoms with Crippen molar-refractivity contribution in [1.82, 2.24) is 9.80 Å². The van der Waals surface area contributed by atoms with E-state index >= 15 is 0 Å². The highest BCUT2D eigenvalue weighted by atomic mass is 32.1. The maximum atomic E-state index is 12.2. The number of nitrogens with zero attached hydrogens (tertiary/aromatic N) is 2. The highest BCUT2D eigenvalue weighted by molar-refractivity contribution is 7.12. The molecule has 0 aromatic carbocycles. The van der Waals surface area contributed by atoms with Crippen molar-refractivity contribution in [3.05, 3.63) is 22.4 Å². The van der Waals surface area contributed by atoms with Gasteiger partial charge in [0, 0.05) is 32.6 Å². The van der Waals surface area contributed by atoms with Gasteiger partial charge in [-0.25, -0.2) is 0 Å². The molecule has 6 heteroatoms. The van der Waals surface area contributed by atoms with Crippen LogP contribution >= 0.6 is 11.3 Å². The normalized spacial score (nSPS) is 16.9. The van der Waals surface area contributed by atoms with Crippen LogP contribution in [0.25, 0.3) is 0 Å². The molecule has 0 saturated carbocycles. The van der Waals surface area contributed by atoms with Crippen LogP contribution < -0.4 is 5.73 Å². The fourth-order valence-electron chi connectivity index (χ4n) is 2.36. The summed E-state index contributed by atoms with van der Waals surface area (Å²) in [7, 11) is 0. The van der Waals surface area contributed by atoms with Crippen molar-refractivity contribution in [2.45, 2.75) is 19.8 Å². The molecule has 1 atom stereocenters. The van der Waals surface area contributed by atoms with E-state index < -0.39 is 0 Å². The van der Waals surface area contributed by atoms with Crippen LogP contribution in [-0.2, 0) is 4.79 Å². The molecule has 1 aliphatic rings. The molecule has 2 N–H and O–H groups in total. The van der Waals surface area contributed by atoms with E-state index in [1.807, 2.05) is 27.3 Å². The molecular weight excluding hydrogens is 286 g/mol. The first kappa shape index (κ1) is 16.0. The van der Waals surface area contributed by atoms with Gasteiger partial charge in [0.2, 0.25) is 5.91 Å². The van der Waals surface area contributed by atoms with Crippen LogP contribution in [-0.4, -0.2) is 54.3 Å². The summed E-state index contributed by atoms with van der Waals surface area (Å²) >= 11 is 1.46. The van der Waals surface area contributed by atoms with Crippen molar-refractivity contribution in [1.29, 1.82) is 0 Å². The SMILES string of the molecule is CC(CN)CCC(=O)N1CCN(C(=O)c2cccs2)CC1. The molecule has 2 amide bonds. The standard InChI is InChI=1S/C15H23N3O2S/c1-12(11-16)4-5-14(19)17-6-8-18(9-7-17)15(20)13-3-2-10-21-13/h2-3,10,12H,4-9,11,16H2,1H3. The van der Waals surface area contributed by atoms with E-state index in [0.717, 1.165) is 11.3 Å². The Bertz CT molecular complexity index is 467.